The molecular formula is C23H23N7O3. The number of hydrogen-bond acceptors (Lipinski definition) is 9. The van der Waals surface area contributed by atoms with E-state index in [-0.39, 0.29) is 18.4 Å². The van der Waals surface area contributed by atoms with Gasteiger partial charge in [0.05, 0.1) is 12.8 Å². The number of esters is 1. The number of anilines is 2. The predicted molar refractivity (Wildman–Crippen MR) is 123 cm³/mol. The number of nitrogen functional groups attached to an aromatic ring is 1. The second kappa shape index (κ2) is 9.35. The van der Waals surface area contributed by atoms with Crippen LogP contribution in [-0.4, -0.2) is 51.9 Å². The van der Waals surface area contributed by atoms with E-state index in [1.807, 2.05) is 54.6 Å². The lowest BCUT2D eigenvalue weighted by Crippen LogP contribution is -2.17. The van der Waals surface area contributed by atoms with Crippen molar-refractivity contribution in [1.29, 1.82) is 0 Å². The lowest BCUT2D eigenvalue weighted by molar-refractivity contribution is 0.0463. The van der Waals surface area contributed by atoms with Crippen LogP contribution in [0.3, 0.4) is 0 Å². The molecule has 0 bridgehead atoms. The summed E-state index contributed by atoms with van der Waals surface area (Å²) < 4.78 is 12.4. The second-order valence-corrected chi connectivity index (χ2v) is 7.28. The van der Waals surface area contributed by atoms with E-state index in [9.17, 15) is 4.79 Å². The highest BCUT2D eigenvalue weighted by atomic mass is 16.5. The van der Waals surface area contributed by atoms with Crippen LogP contribution in [0.1, 0.15) is 16.2 Å². The van der Waals surface area contributed by atoms with Gasteiger partial charge in [-0.1, -0.05) is 18.2 Å². The van der Waals surface area contributed by atoms with Gasteiger partial charge in [-0.25, -0.2) is 9.48 Å². The molecule has 0 aliphatic carbocycles. The van der Waals surface area contributed by atoms with E-state index in [1.54, 1.807) is 37.0 Å². The lowest BCUT2D eigenvalue weighted by Gasteiger charge is -2.11. The Labute approximate surface area is 190 Å². The van der Waals surface area contributed by atoms with Crippen molar-refractivity contribution >= 4 is 17.9 Å². The van der Waals surface area contributed by atoms with Crippen molar-refractivity contribution in [1.82, 2.24) is 24.7 Å². The minimum absolute atomic E-state index is 0.0515. The number of methoxy groups -OCH3 is 1. The summed E-state index contributed by atoms with van der Waals surface area (Å²) >= 11 is 0. The Hall–Kier alpha value is -4.47. The van der Waals surface area contributed by atoms with E-state index in [1.165, 1.54) is 0 Å². The van der Waals surface area contributed by atoms with E-state index in [2.05, 4.69) is 20.1 Å². The van der Waals surface area contributed by atoms with Crippen LogP contribution in [0, 0.1) is 0 Å². The number of nitrogens with two attached hydrogens (primary N) is 1. The maximum Gasteiger partial charge on any atom is 0.342 e. The Kier molecular flexibility index (Phi) is 6.16. The maximum atomic E-state index is 13.1. The molecule has 0 saturated heterocycles. The van der Waals surface area contributed by atoms with E-state index in [0.717, 1.165) is 11.3 Å². The first kappa shape index (κ1) is 21.8. The summed E-state index contributed by atoms with van der Waals surface area (Å²) in [5.41, 5.74) is 8.10. The van der Waals surface area contributed by atoms with Gasteiger partial charge < -0.3 is 20.1 Å². The maximum absolute atomic E-state index is 13.1. The minimum Gasteiger partial charge on any atom is -0.497 e. The summed E-state index contributed by atoms with van der Waals surface area (Å²) in [6, 6.07) is 16.8. The lowest BCUT2D eigenvalue weighted by atomic mass is 10.1. The molecule has 0 fully saturated rings. The van der Waals surface area contributed by atoms with Crippen LogP contribution in [0.5, 0.6) is 5.75 Å². The van der Waals surface area contributed by atoms with Crippen LogP contribution < -0.4 is 15.4 Å². The van der Waals surface area contributed by atoms with Crippen molar-refractivity contribution in [2.45, 2.75) is 6.61 Å². The first-order valence-corrected chi connectivity index (χ1v) is 10.1. The highest BCUT2D eigenvalue weighted by Crippen LogP contribution is 2.26. The summed E-state index contributed by atoms with van der Waals surface area (Å²) in [6.07, 6.45) is 1.64. The standard InChI is InChI=1S/C23H23N7O3/c1-29(2)23-26-19(25-22(24)27-23)14-33-21(31)18-13-30(16-7-5-4-6-8-16)28-20(18)15-9-11-17(32-3)12-10-15/h4-13H,14H2,1-3H3,(H2,24,25,26,27). The molecule has 0 saturated carbocycles. The third-order valence-electron chi connectivity index (χ3n) is 4.74. The van der Waals surface area contributed by atoms with Crippen LogP contribution in [0.25, 0.3) is 16.9 Å². The van der Waals surface area contributed by atoms with Gasteiger partial charge in [-0.15, -0.1) is 0 Å². The zero-order valence-corrected chi connectivity index (χ0v) is 18.5. The van der Waals surface area contributed by atoms with Crippen molar-refractivity contribution in [3.63, 3.8) is 0 Å². The third-order valence-corrected chi connectivity index (χ3v) is 4.74. The number of benzene rings is 2. The molecule has 2 heterocycles. The van der Waals surface area contributed by atoms with Crippen molar-refractivity contribution in [3.8, 4) is 22.7 Å². The average molecular weight is 445 g/mol. The Morgan fingerprint density at radius 2 is 1.76 bits per heavy atom. The fourth-order valence-corrected chi connectivity index (χ4v) is 3.10. The smallest absolute Gasteiger partial charge is 0.342 e. The zero-order chi connectivity index (χ0) is 23.4. The minimum atomic E-state index is -0.562. The molecule has 10 nitrogen and oxygen atoms in total. The van der Waals surface area contributed by atoms with Crippen LogP contribution in [0.2, 0.25) is 0 Å². The summed E-state index contributed by atoms with van der Waals surface area (Å²) in [7, 11) is 5.16. The number of carbonyl (C=O) groups is 1. The molecule has 2 aromatic carbocycles. The molecule has 4 aromatic rings. The molecule has 0 atom stereocenters. The second-order valence-electron chi connectivity index (χ2n) is 7.28. The van der Waals surface area contributed by atoms with Gasteiger partial charge in [0, 0.05) is 25.9 Å². The molecule has 0 spiro atoms. The predicted octanol–water partition coefficient (Wildman–Crippen LogP) is 2.74. The molecule has 2 N–H and O–H groups in total. The van der Waals surface area contributed by atoms with E-state index >= 15 is 0 Å². The van der Waals surface area contributed by atoms with Crippen molar-refractivity contribution in [2.75, 3.05) is 31.8 Å². The van der Waals surface area contributed by atoms with Crippen molar-refractivity contribution in [3.05, 3.63) is 72.2 Å². The fraction of sp³-hybridized carbons (Fsp3) is 0.174. The third kappa shape index (κ3) is 4.90. The first-order chi connectivity index (χ1) is 15.9. The normalized spacial score (nSPS) is 10.6. The Morgan fingerprint density at radius 3 is 2.42 bits per heavy atom. The van der Waals surface area contributed by atoms with E-state index in [0.29, 0.717) is 23.0 Å². The monoisotopic (exact) mass is 445 g/mol. The van der Waals surface area contributed by atoms with Crippen LogP contribution >= 0.6 is 0 Å². The summed E-state index contributed by atoms with van der Waals surface area (Å²) in [6.45, 7) is -0.162. The molecule has 168 valence electrons. The Balaban J connectivity index is 1.65. The van der Waals surface area contributed by atoms with Gasteiger partial charge in [-0.3, -0.25) is 0 Å². The summed E-state index contributed by atoms with van der Waals surface area (Å²) in [5, 5.41) is 4.64. The van der Waals surface area contributed by atoms with Crippen LogP contribution in [0.15, 0.2) is 60.8 Å². The molecule has 4 rings (SSSR count). The van der Waals surface area contributed by atoms with Gasteiger partial charge in [-0.2, -0.15) is 20.1 Å². The highest BCUT2D eigenvalue weighted by molar-refractivity contribution is 5.96. The molecule has 10 heteroatoms. The van der Waals surface area contributed by atoms with Gasteiger partial charge in [0.1, 0.15) is 17.0 Å². The van der Waals surface area contributed by atoms with Gasteiger partial charge in [0.2, 0.25) is 11.9 Å². The van der Waals surface area contributed by atoms with Gasteiger partial charge in [0.15, 0.2) is 12.4 Å². The average Bonchev–Trinajstić information content (AvgIpc) is 3.28. The number of aromatic nitrogens is 5. The highest BCUT2D eigenvalue weighted by Gasteiger charge is 2.21. The SMILES string of the molecule is COc1ccc(-c2nn(-c3ccccc3)cc2C(=O)OCc2nc(N)nc(N(C)C)n2)cc1. The number of para-hydroxylation sites is 1. The number of rotatable bonds is 7. The molecular weight excluding hydrogens is 422 g/mol. The topological polar surface area (TPSA) is 121 Å². The molecule has 0 aliphatic heterocycles. The zero-order valence-electron chi connectivity index (χ0n) is 18.5. The van der Waals surface area contributed by atoms with Crippen molar-refractivity contribution < 1.29 is 14.3 Å². The molecule has 0 aliphatic rings. The number of nitrogens with zero attached hydrogens (tertiary/aromatic N) is 6. The first-order valence-electron chi connectivity index (χ1n) is 10.1. The Bertz CT molecular complexity index is 1260. The van der Waals surface area contributed by atoms with E-state index < -0.39 is 5.97 Å². The largest absolute Gasteiger partial charge is 0.497 e. The van der Waals surface area contributed by atoms with Gasteiger partial charge in [-0.05, 0) is 36.4 Å². The van der Waals surface area contributed by atoms with Crippen LogP contribution in [0.4, 0.5) is 11.9 Å². The molecule has 0 radical (unpaired) electrons. The molecule has 33 heavy (non-hydrogen) atoms. The summed E-state index contributed by atoms with van der Waals surface area (Å²) in [4.78, 5) is 27.1. The number of ether oxygens (including phenoxy) is 2. The number of hydrogen-bond donors (Lipinski definition) is 1. The Morgan fingerprint density at radius 1 is 1.03 bits per heavy atom. The van der Waals surface area contributed by atoms with E-state index in [4.69, 9.17) is 15.2 Å². The van der Waals surface area contributed by atoms with Gasteiger partial charge in [0.25, 0.3) is 0 Å². The quantitative estimate of drug-likeness (QED) is 0.428. The molecule has 0 amide bonds. The van der Waals surface area contributed by atoms with Gasteiger partial charge >= 0.3 is 5.97 Å². The molecule has 0 unspecified atom stereocenters. The van der Waals surface area contributed by atoms with Crippen molar-refractivity contribution in [2.24, 2.45) is 0 Å². The summed E-state index contributed by atoms with van der Waals surface area (Å²) in [5.74, 6) is 0.823. The van der Waals surface area contributed by atoms with Crippen LogP contribution in [-0.2, 0) is 11.3 Å². The number of carbonyl (C=O) groups excluding carboxylic acids is 1. The molecule has 2 aromatic heterocycles. The fourth-order valence-electron chi connectivity index (χ4n) is 3.10.